The molecule has 7 nitrogen and oxygen atoms in total. The maximum Gasteiger partial charge on any atom is 0.224 e. The largest absolute Gasteiger partial charge is 0.493 e. The van der Waals surface area contributed by atoms with Crippen molar-refractivity contribution in [2.24, 2.45) is 7.05 Å². The summed E-state index contributed by atoms with van der Waals surface area (Å²) in [6.07, 6.45) is 0.981. The number of aryl methyl sites for hydroxylation is 5. The van der Waals surface area contributed by atoms with E-state index in [0.717, 1.165) is 44.8 Å². The minimum absolute atomic E-state index is 0.0536. The van der Waals surface area contributed by atoms with Gasteiger partial charge in [0.15, 0.2) is 17.1 Å². The van der Waals surface area contributed by atoms with Crippen LogP contribution in [-0.4, -0.2) is 34.9 Å². The monoisotopic (exact) mass is 396 g/mol. The van der Waals surface area contributed by atoms with Gasteiger partial charge in [0.2, 0.25) is 5.91 Å². The van der Waals surface area contributed by atoms with Gasteiger partial charge in [-0.3, -0.25) is 9.48 Å². The maximum absolute atomic E-state index is 12.6. The quantitative estimate of drug-likeness (QED) is 0.686. The molecule has 1 amide bonds. The van der Waals surface area contributed by atoms with Crippen molar-refractivity contribution < 1.29 is 14.3 Å². The molecule has 3 rings (SSSR count). The highest BCUT2D eigenvalue weighted by molar-refractivity contribution is 5.92. The average molecular weight is 396 g/mol. The van der Waals surface area contributed by atoms with Gasteiger partial charge in [-0.2, -0.15) is 5.10 Å². The zero-order valence-electron chi connectivity index (χ0n) is 18.1. The first kappa shape index (κ1) is 20.6. The van der Waals surface area contributed by atoms with Gasteiger partial charge in [-0.05, 0) is 56.9 Å². The number of aromatic nitrogens is 3. The van der Waals surface area contributed by atoms with E-state index in [2.05, 4.69) is 17.3 Å². The second-order valence-corrected chi connectivity index (χ2v) is 7.28. The normalized spacial score (nSPS) is 11.0. The molecule has 0 saturated heterocycles. The number of amides is 1. The molecule has 3 aromatic rings. The summed E-state index contributed by atoms with van der Waals surface area (Å²) in [5.41, 5.74) is 6.66. The number of methoxy groups -OCH3 is 2. The van der Waals surface area contributed by atoms with Crippen LogP contribution in [0.25, 0.3) is 11.0 Å². The molecule has 0 bridgehead atoms. The molecular formula is C22H28N4O3. The van der Waals surface area contributed by atoms with Crippen molar-refractivity contribution in [1.82, 2.24) is 14.8 Å². The van der Waals surface area contributed by atoms with E-state index in [9.17, 15) is 4.79 Å². The van der Waals surface area contributed by atoms with Crippen LogP contribution in [0.4, 0.5) is 5.69 Å². The fourth-order valence-corrected chi connectivity index (χ4v) is 3.80. The molecule has 7 heteroatoms. The van der Waals surface area contributed by atoms with Crippen molar-refractivity contribution in [3.05, 3.63) is 40.2 Å². The minimum atomic E-state index is -0.0536. The molecule has 154 valence electrons. The first-order valence-corrected chi connectivity index (χ1v) is 9.58. The number of hydrogen-bond acceptors (Lipinski definition) is 5. The Bertz CT molecular complexity index is 1090. The van der Waals surface area contributed by atoms with Crippen LogP contribution in [0.3, 0.4) is 0 Å². The molecule has 29 heavy (non-hydrogen) atoms. The van der Waals surface area contributed by atoms with E-state index < -0.39 is 0 Å². The van der Waals surface area contributed by atoms with Crippen LogP contribution in [0.15, 0.2) is 12.1 Å². The first-order chi connectivity index (χ1) is 13.8. The number of hydrogen-bond donors (Lipinski definition) is 1. The fraction of sp³-hybridized carbons (Fsp3) is 0.409. The summed E-state index contributed by atoms with van der Waals surface area (Å²) < 4.78 is 12.4. The summed E-state index contributed by atoms with van der Waals surface area (Å²) in [6.45, 7) is 7.98. The molecule has 0 spiro atoms. The number of benzene rings is 1. The molecule has 0 atom stereocenters. The van der Waals surface area contributed by atoms with Crippen LogP contribution >= 0.6 is 0 Å². The van der Waals surface area contributed by atoms with Crippen LogP contribution in [0.5, 0.6) is 11.5 Å². The number of anilines is 1. The molecule has 0 aliphatic carbocycles. The molecular weight excluding hydrogens is 368 g/mol. The molecule has 0 saturated carbocycles. The van der Waals surface area contributed by atoms with E-state index in [-0.39, 0.29) is 5.91 Å². The van der Waals surface area contributed by atoms with E-state index in [1.807, 2.05) is 33.9 Å². The number of pyridine rings is 1. The van der Waals surface area contributed by atoms with Gasteiger partial charge < -0.3 is 14.8 Å². The smallest absolute Gasteiger partial charge is 0.224 e. The van der Waals surface area contributed by atoms with Gasteiger partial charge in [-0.15, -0.1) is 0 Å². The van der Waals surface area contributed by atoms with Crippen LogP contribution < -0.4 is 14.8 Å². The Morgan fingerprint density at radius 2 is 1.72 bits per heavy atom. The van der Waals surface area contributed by atoms with Crippen LogP contribution in [0, 0.1) is 27.7 Å². The van der Waals surface area contributed by atoms with Gasteiger partial charge in [0.25, 0.3) is 0 Å². The lowest BCUT2D eigenvalue weighted by Gasteiger charge is -2.14. The van der Waals surface area contributed by atoms with Crippen molar-refractivity contribution in [2.45, 2.75) is 40.5 Å². The third-order valence-corrected chi connectivity index (χ3v) is 5.34. The predicted octanol–water partition coefficient (Wildman–Crippen LogP) is 3.79. The number of fused-ring (bicyclic) bond motifs is 1. The molecule has 0 aliphatic rings. The Hall–Kier alpha value is -3.09. The minimum Gasteiger partial charge on any atom is -0.493 e. The number of rotatable bonds is 6. The average Bonchev–Trinajstić information content (AvgIpc) is 2.96. The van der Waals surface area contributed by atoms with E-state index in [1.54, 1.807) is 25.0 Å². The van der Waals surface area contributed by atoms with Gasteiger partial charge in [-0.1, -0.05) is 0 Å². The summed E-state index contributed by atoms with van der Waals surface area (Å²) in [5.74, 6) is 1.17. The topological polar surface area (TPSA) is 78.3 Å². The van der Waals surface area contributed by atoms with Gasteiger partial charge in [0, 0.05) is 36.3 Å². The Kier molecular flexibility index (Phi) is 5.77. The van der Waals surface area contributed by atoms with Crippen LogP contribution in [0.2, 0.25) is 0 Å². The molecule has 2 heterocycles. The highest BCUT2D eigenvalue weighted by Crippen LogP contribution is 2.33. The Labute approximate surface area is 171 Å². The van der Waals surface area contributed by atoms with Gasteiger partial charge >= 0.3 is 0 Å². The predicted molar refractivity (Wildman–Crippen MR) is 114 cm³/mol. The van der Waals surface area contributed by atoms with Crippen molar-refractivity contribution in [2.75, 3.05) is 19.5 Å². The van der Waals surface area contributed by atoms with Crippen LogP contribution in [0.1, 0.15) is 34.5 Å². The van der Waals surface area contributed by atoms with Crippen molar-refractivity contribution in [3.8, 4) is 11.5 Å². The molecule has 2 aromatic heterocycles. The lowest BCUT2D eigenvalue weighted by atomic mass is 9.99. The zero-order valence-corrected chi connectivity index (χ0v) is 18.1. The van der Waals surface area contributed by atoms with E-state index >= 15 is 0 Å². The maximum atomic E-state index is 12.6. The fourth-order valence-electron chi connectivity index (χ4n) is 3.80. The molecule has 0 unspecified atom stereocenters. The molecule has 1 aromatic carbocycles. The highest BCUT2D eigenvalue weighted by Gasteiger charge is 2.17. The molecule has 0 aliphatic heterocycles. The summed E-state index contributed by atoms with van der Waals surface area (Å²) in [7, 11) is 5.07. The highest BCUT2D eigenvalue weighted by atomic mass is 16.5. The third-order valence-electron chi connectivity index (χ3n) is 5.34. The second-order valence-electron chi connectivity index (χ2n) is 7.28. The summed E-state index contributed by atoms with van der Waals surface area (Å²) >= 11 is 0. The Balaban J connectivity index is 1.79. The summed E-state index contributed by atoms with van der Waals surface area (Å²) in [6, 6.07) is 3.64. The molecule has 0 fully saturated rings. The SMILES string of the molecule is COc1cc(C)c(NC(=O)CCc2c(C)nc3c(c(C)nn3C)c2C)cc1OC. The van der Waals surface area contributed by atoms with Gasteiger partial charge in [0.05, 0.1) is 19.9 Å². The number of carbonyl (C=O) groups excluding carboxylic acids is 1. The lowest BCUT2D eigenvalue weighted by Crippen LogP contribution is -2.14. The van der Waals surface area contributed by atoms with E-state index in [0.29, 0.717) is 24.3 Å². The Morgan fingerprint density at radius 1 is 1.07 bits per heavy atom. The summed E-state index contributed by atoms with van der Waals surface area (Å²) in [4.78, 5) is 17.3. The number of carbonyl (C=O) groups is 1. The standard InChI is InChI=1S/C22H28N4O3/c1-12-10-18(28-6)19(29-7)11-17(12)24-20(27)9-8-16-13(2)21-15(4)25-26(5)22(21)23-14(16)3/h10-11H,8-9H2,1-7H3,(H,24,27). The van der Waals surface area contributed by atoms with Crippen molar-refractivity contribution in [1.29, 1.82) is 0 Å². The molecule has 1 N–H and O–H groups in total. The third kappa shape index (κ3) is 3.90. The van der Waals surface area contributed by atoms with E-state index in [1.165, 1.54) is 0 Å². The van der Waals surface area contributed by atoms with Crippen molar-refractivity contribution >= 4 is 22.6 Å². The number of nitrogens with zero attached hydrogens (tertiary/aromatic N) is 3. The zero-order chi connectivity index (χ0) is 21.3. The van der Waals surface area contributed by atoms with E-state index in [4.69, 9.17) is 14.5 Å². The summed E-state index contributed by atoms with van der Waals surface area (Å²) in [5, 5.41) is 8.54. The van der Waals surface area contributed by atoms with Gasteiger partial charge in [-0.25, -0.2) is 4.98 Å². The number of nitrogens with one attached hydrogen (secondary N) is 1. The van der Waals surface area contributed by atoms with Gasteiger partial charge in [0.1, 0.15) is 0 Å². The molecule has 0 radical (unpaired) electrons. The first-order valence-electron chi connectivity index (χ1n) is 9.58. The second kappa shape index (κ2) is 8.11. The lowest BCUT2D eigenvalue weighted by molar-refractivity contribution is -0.116. The van der Waals surface area contributed by atoms with Crippen molar-refractivity contribution in [3.63, 3.8) is 0 Å². The number of ether oxygens (including phenoxy) is 2. The van der Waals surface area contributed by atoms with Crippen LogP contribution in [-0.2, 0) is 18.3 Å². The Morgan fingerprint density at radius 3 is 2.38 bits per heavy atom.